The highest BCUT2D eigenvalue weighted by Crippen LogP contribution is 2.31. The summed E-state index contributed by atoms with van der Waals surface area (Å²) in [6, 6.07) is 0.424. The van der Waals surface area contributed by atoms with E-state index in [1.54, 1.807) is 0 Å². The van der Waals surface area contributed by atoms with Crippen molar-refractivity contribution in [1.82, 2.24) is 4.90 Å². The van der Waals surface area contributed by atoms with Crippen LogP contribution in [0.3, 0.4) is 0 Å². The third-order valence-corrected chi connectivity index (χ3v) is 3.00. The summed E-state index contributed by atoms with van der Waals surface area (Å²) >= 11 is 0. The highest BCUT2D eigenvalue weighted by Gasteiger charge is 2.25. The molecule has 1 unspecified atom stereocenters. The van der Waals surface area contributed by atoms with E-state index in [-0.39, 0.29) is 5.41 Å². The van der Waals surface area contributed by atoms with E-state index in [4.69, 9.17) is 0 Å². The Morgan fingerprint density at radius 1 is 1.27 bits per heavy atom. The first kappa shape index (κ1) is 14.3. The molecule has 0 aliphatic rings. The van der Waals surface area contributed by atoms with E-state index in [2.05, 4.69) is 59.7 Å². The Hall–Kier alpha value is -0.720. The van der Waals surface area contributed by atoms with Crippen LogP contribution < -0.4 is 0 Å². The molecule has 0 bridgehead atoms. The lowest BCUT2D eigenvalue weighted by Gasteiger charge is -2.37. The van der Waals surface area contributed by atoms with E-state index in [0.29, 0.717) is 6.04 Å². The normalized spacial score (nSPS) is 13.5. The lowest BCUT2D eigenvalue weighted by Crippen LogP contribution is -2.35. The molecule has 0 saturated carbocycles. The number of rotatable bonds is 5. The molecular formula is C14H27N. The fourth-order valence-electron chi connectivity index (χ4n) is 1.64. The second-order valence-electron chi connectivity index (χ2n) is 5.43. The molecule has 0 radical (unpaired) electrons. The zero-order valence-corrected chi connectivity index (χ0v) is 11.4. The largest absolute Gasteiger partial charge is 0.372 e. The maximum Gasteiger partial charge on any atom is 0.0498 e. The van der Waals surface area contributed by atoms with Crippen molar-refractivity contribution < 1.29 is 0 Å². The molecule has 0 aromatic carbocycles. The van der Waals surface area contributed by atoms with Crippen LogP contribution in [0.15, 0.2) is 24.4 Å². The summed E-state index contributed by atoms with van der Waals surface area (Å²) in [5, 5.41) is 0. The average Bonchev–Trinajstić information content (AvgIpc) is 2.10. The molecule has 0 amide bonds. The van der Waals surface area contributed by atoms with Crippen LogP contribution in [-0.2, 0) is 0 Å². The maximum absolute atomic E-state index is 4.27. The van der Waals surface area contributed by atoms with Gasteiger partial charge in [0.2, 0.25) is 0 Å². The van der Waals surface area contributed by atoms with Gasteiger partial charge in [0.05, 0.1) is 0 Å². The van der Waals surface area contributed by atoms with Crippen LogP contribution in [0.4, 0.5) is 0 Å². The Morgan fingerprint density at radius 2 is 1.73 bits per heavy atom. The van der Waals surface area contributed by atoms with Gasteiger partial charge in [0.1, 0.15) is 0 Å². The van der Waals surface area contributed by atoms with Gasteiger partial charge in [-0.2, -0.15) is 0 Å². The van der Waals surface area contributed by atoms with Gasteiger partial charge in [-0.05, 0) is 24.3 Å². The first-order valence-electron chi connectivity index (χ1n) is 5.79. The van der Waals surface area contributed by atoms with Crippen LogP contribution in [0.1, 0.15) is 47.5 Å². The summed E-state index contributed by atoms with van der Waals surface area (Å²) in [6.45, 7) is 19.2. The Balaban J connectivity index is 4.81. The van der Waals surface area contributed by atoms with Crippen LogP contribution in [0, 0.1) is 5.41 Å². The van der Waals surface area contributed by atoms with Gasteiger partial charge in [-0.15, -0.1) is 0 Å². The van der Waals surface area contributed by atoms with Gasteiger partial charge in [0.15, 0.2) is 0 Å². The Bertz CT molecular complexity index is 232. The molecule has 0 rings (SSSR count). The molecule has 0 aliphatic heterocycles. The van der Waals surface area contributed by atoms with Gasteiger partial charge < -0.3 is 4.90 Å². The summed E-state index contributed by atoms with van der Waals surface area (Å²) in [6.07, 6.45) is 2.33. The van der Waals surface area contributed by atoms with Gasteiger partial charge in [-0.1, -0.05) is 47.3 Å². The predicted molar refractivity (Wildman–Crippen MR) is 69.9 cm³/mol. The summed E-state index contributed by atoms with van der Waals surface area (Å²) in [7, 11) is 2.11. The van der Waals surface area contributed by atoms with Gasteiger partial charge >= 0.3 is 0 Å². The van der Waals surface area contributed by atoms with E-state index < -0.39 is 0 Å². The number of nitrogens with zero attached hydrogens (tertiary/aromatic N) is 1. The van der Waals surface area contributed by atoms with Crippen molar-refractivity contribution in [2.75, 3.05) is 7.05 Å². The smallest absolute Gasteiger partial charge is 0.0498 e. The SMILES string of the molecule is C=C(C)N(C)C(CCC)C(=C)C(C)(C)C. The standard InChI is InChI=1S/C14H27N/c1-9-10-13(15(8)11(2)3)12(4)14(5,6)7/h13H,2,4,9-10H2,1,3,5-8H3. The van der Waals surface area contributed by atoms with Crippen molar-refractivity contribution in [2.45, 2.75) is 53.5 Å². The number of likely N-dealkylation sites (N-methyl/N-ethyl adjacent to an activating group) is 1. The molecule has 0 heterocycles. The van der Waals surface area contributed by atoms with Crippen molar-refractivity contribution in [1.29, 1.82) is 0 Å². The minimum absolute atomic E-state index is 0.170. The molecule has 88 valence electrons. The number of allylic oxidation sites excluding steroid dienone is 1. The Morgan fingerprint density at radius 3 is 2.00 bits per heavy atom. The third-order valence-electron chi connectivity index (χ3n) is 3.00. The van der Waals surface area contributed by atoms with Crippen molar-refractivity contribution in [3.63, 3.8) is 0 Å². The van der Waals surface area contributed by atoms with Gasteiger partial charge in [0.25, 0.3) is 0 Å². The molecule has 0 spiro atoms. The van der Waals surface area contributed by atoms with Crippen LogP contribution in [0.5, 0.6) is 0 Å². The van der Waals surface area contributed by atoms with E-state index in [1.807, 2.05) is 0 Å². The second kappa shape index (κ2) is 5.39. The lowest BCUT2D eigenvalue weighted by atomic mass is 9.81. The van der Waals surface area contributed by atoms with Crippen LogP contribution >= 0.6 is 0 Å². The van der Waals surface area contributed by atoms with Crippen molar-refractivity contribution in [3.8, 4) is 0 Å². The van der Waals surface area contributed by atoms with Crippen LogP contribution in [0.2, 0.25) is 0 Å². The molecular weight excluding hydrogens is 182 g/mol. The van der Waals surface area contributed by atoms with Gasteiger partial charge in [-0.25, -0.2) is 0 Å². The zero-order valence-electron chi connectivity index (χ0n) is 11.4. The number of hydrogen-bond donors (Lipinski definition) is 0. The molecule has 0 aromatic heterocycles. The monoisotopic (exact) mass is 209 g/mol. The predicted octanol–water partition coefficient (Wildman–Crippen LogP) is 4.22. The van der Waals surface area contributed by atoms with E-state index in [9.17, 15) is 0 Å². The first-order valence-corrected chi connectivity index (χ1v) is 5.79. The zero-order chi connectivity index (χ0) is 12.2. The van der Waals surface area contributed by atoms with E-state index in [1.165, 1.54) is 12.0 Å². The Kier molecular flexibility index (Phi) is 5.13. The highest BCUT2D eigenvalue weighted by molar-refractivity contribution is 5.16. The minimum atomic E-state index is 0.170. The van der Waals surface area contributed by atoms with E-state index >= 15 is 0 Å². The summed E-state index contributed by atoms with van der Waals surface area (Å²) < 4.78 is 0. The fourth-order valence-corrected chi connectivity index (χ4v) is 1.64. The van der Waals surface area contributed by atoms with Crippen LogP contribution in [0.25, 0.3) is 0 Å². The topological polar surface area (TPSA) is 3.24 Å². The molecule has 0 aromatic rings. The Labute approximate surface area is 95.9 Å². The molecule has 15 heavy (non-hydrogen) atoms. The lowest BCUT2D eigenvalue weighted by molar-refractivity contribution is 0.284. The van der Waals surface area contributed by atoms with Crippen LogP contribution in [-0.4, -0.2) is 18.0 Å². The molecule has 0 N–H and O–H groups in total. The van der Waals surface area contributed by atoms with Crippen molar-refractivity contribution in [3.05, 3.63) is 24.4 Å². The molecule has 0 saturated heterocycles. The molecule has 0 fully saturated rings. The van der Waals surface area contributed by atoms with Crippen molar-refractivity contribution >= 4 is 0 Å². The maximum atomic E-state index is 4.27. The average molecular weight is 209 g/mol. The molecule has 1 atom stereocenters. The third kappa shape index (κ3) is 4.11. The summed E-state index contributed by atoms with van der Waals surface area (Å²) in [5.74, 6) is 0. The van der Waals surface area contributed by atoms with Crippen molar-refractivity contribution in [2.24, 2.45) is 5.41 Å². The molecule has 1 nitrogen and oxygen atoms in total. The van der Waals surface area contributed by atoms with Gasteiger partial charge in [0, 0.05) is 18.8 Å². The number of hydrogen-bond acceptors (Lipinski definition) is 1. The minimum Gasteiger partial charge on any atom is -0.372 e. The molecule has 0 aliphatic carbocycles. The summed E-state index contributed by atoms with van der Waals surface area (Å²) in [4.78, 5) is 2.25. The highest BCUT2D eigenvalue weighted by atomic mass is 15.1. The fraction of sp³-hybridized carbons (Fsp3) is 0.714. The molecule has 1 heteroatoms. The van der Waals surface area contributed by atoms with Gasteiger partial charge in [-0.3, -0.25) is 0 Å². The second-order valence-corrected chi connectivity index (χ2v) is 5.43. The first-order chi connectivity index (χ1) is 6.71. The summed E-state index contributed by atoms with van der Waals surface area (Å²) in [5.41, 5.74) is 2.58. The van der Waals surface area contributed by atoms with E-state index in [0.717, 1.165) is 12.1 Å². The quantitative estimate of drug-likeness (QED) is 0.613.